The van der Waals surface area contributed by atoms with Crippen LogP contribution in [0.2, 0.25) is 0 Å². The van der Waals surface area contributed by atoms with Crippen LogP contribution < -0.4 is 5.56 Å². The number of benzene rings is 3. The highest BCUT2D eigenvalue weighted by Gasteiger charge is 2.30. The van der Waals surface area contributed by atoms with Crippen LogP contribution in [0.1, 0.15) is 85.7 Å². The van der Waals surface area contributed by atoms with Crippen molar-refractivity contribution in [3.63, 3.8) is 0 Å². The summed E-state index contributed by atoms with van der Waals surface area (Å²) in [5.41, 5.74) is -16.0. The number of hydrogen-bond acceptors (Lipinski definition) is 5. The second-order valence-electron chi connectivity index (χ2n) is 9.30. The monoisotopic (exact) mass is 707 g/mol. The van der Waals surface area contributed by atoms with E-state index >= 15 is 4.79 Å². The van der Waals surface area contributed by atoms with E-state index in [-0.39, 0.29) is 9.47 Å². The number of alkyl halides is 3. The molecule has 1 aromatic heterocycles. The zero-order valence-electron chi connectivity index (χ0n) is 51.9. The second kappa shape index (κ2) is 15.5. The minimum Gasteiger partial charge on any atom is -0.336 e. The standard InChI is InChI=1S/C37H40F4N4O2S/c1-4-43(5-2)18-19-44(22-26-6-10-28(11-7-26)29-12-14-30(15-13-29)37(39,40)41)34(46)23-45-33-21-25(3)20-32(33)35(47)42-36(45)48-24-27-8-16-31(38)17-9-27/h6-17,25H,4-5,18-24H2,1-3H3/i4D2,5D2,6D,7D,8D,9D,10D,11D,12D,13D,14D,15D,16D,17D,20D2,21D2,22D2,23D2,24D2,25D. The molecule has 0 spiro atoms. The first-order chi connectivity index (χ1) is 33.4. The van der Waals surface area contributed by atoms with Crippen LogP contribution in [0.15, 0.2) is 82.5 Å². The number of carbonyl (C=O) groups excluding carboxylic acids is 1. The third-order valence-electron chi connectivity index (χ3n) is 6.09. The predicted molar refractivity (Wildman–Crippen MR) is 181 cm³/mol. The van der Waals surface area contributed by atoms with E-state index in [2.05, 4.69) is 4.98 Å². The first kappa shape index (κ1) is 14.5. The van der Waals surface area contributed by atoms with E-state index in [1.54, 1.807) is 0 Å². The molecule has 6 nitrogen and oxygen atoms in total. The molecule has 1 aliphatic rings. The van der Waals surface area contributed by atoms with Crippen molar-refractivity contribution < 1.29 is 59.4 Å². The molecule has 0 N–H and O–H groups in total. The number of halogens is 4. The average Bonchev–Trinajstić information content (AvgIpc) is 3.34. The maximum atomic E-state index is 15.4. The SMILES string of the molecule is [2H]c1c([2H])c(C([2H])([2H])Sc2nc(=O)c3c(n2C([2H])([2H])C(=O)N(CCN(C([2H])([2H])C)C([2H])([2H])C)C([2H])([2H])c2c([2H])c([2H])c(-c4c([2H])c([2H])c(C(F)(F)F)c([2H])c4[2H])c([2H])c2[2H])C([2H])([2H])C([2H])(C)C3([2H])[2H])c([2H])c([2H])c1F. The summed E-state index contributed by atoms with van der Waals surface area (Å²) in [6.45, 7) is -14.7. The van der Waals surface area contributed by atoms with Gasteiger partial charge in [0, 0.05) is 51.6 Å². The summed E-state index contributed by atoms with van der Waals surface area (Å²) in [4.78, 5) is 32.7. The van der Waals surface area contributed by atoms with Gasteiger partial charge in [-0.15, -0.1) is 0 Å². The van der Waals surface area contributed by atoms with Crippen molar-refractivity contribution in [2.75, 3.05) is 26.1 Å². The molecular weight excluding hydrogens is 640 g/mol. The van der Waals surface area contributed by atoms with Crippen molar-refractivity contribution in [2.24, 2.45) is 5.89 Å². The van der Waals surface area contributed by atoms with Gasteiger partial charge in [0.25, 0.3) is 5.56 Å². The molecule has 0 fully saturated rings. The Kier molecular flexibility index (Phi) is 4.68. The molecule has 1 heterocycles. The Labute approximate surface area is 320 Å². The van der Waals surface area contributed by atoms with E-state index in [4.69, 9.17) is 31.5 Å². The number of amides is 1. The zero-order valence-corrected chi connectivity index (χ0v) is 25.8. The van der Waals surface area contributed by atoms with Crippen LogP contribution in [0.25, 0.3) is 11.1 Å². The zero-order chi connectivity index (χ0) is 58.3. The van der Waals surface area contributed by atoms with E-state index in [1.165, 1.54) is 0 Å². The Hall–Kier alpha value is -3.96. The number of likely N-dealkylation sites (N-methyl/N-ethyl adjacent to an activating group) is 1. The molecule has 254 valence electrons. The first-order valence-electron chi connectivity index (χ1n) is 27.0. The number of hydrogen-bond donors (Lipinski definition) is 0. The number of carbonyl (C=O) groups is 1. The smallest absolute Gasteiger partial charge is 0.336 e. The fraction of sp³-hybridized carbons (Fsp3) is 0.378. The second-order valence-corrected chi connectivity index (χ2v) is 10.1. The van der Waals surface area contributed by atoms with E-state index in [9.17, 15) is 27.8 Å². The van der Waals surface area contributed by atoms with Crippen molar-refractivity contribution in [3.8, 4) is 11.1 Å². The number of aromatic nitrogens is 2. The van der Waals surface area contributed by atoms with Gasteiger partial charge in [-0.2, -0.15) is 18.2 Å². The lowest BCUT2D eigenvalue weighted by Crippen LogP contribution is -2.40. The minimum absolute atomic E-state index is 0.309. The van der Waals surface area contributed by atoms with Gasteiger partial charge >= 0.3 is 6.18 Å². The predicted octanol–water partition coefficient (Wildman–Crippen LogP) is 7.47. The molecule has 1 unspecified atom stereocenters. The van der Waals surface area contributed by atoms with E-state index in [0.29, 0.717) is 11.8 Å². The molecule has 0 saturated heterocycles. The van der Waals surface area contributed by atoms with Crippen LogP contribution in [-0.2, 0) is 42.4 Å². The van der Waals surface area contributed by atoms with Gasteiger partial charge in [-0.25, -0.2) is 4.39 Å². The van der Waals surface area contributed by atoms with Gasteiger partial charge in [0.05, 0.1) is 27.5 Å². The van der Waals surface area contributed by atoms with Gasteiger partial charge in [0.1, 0.15) is 12.3 Å². The first-order valence-corrected chi connectivity index (χ1v) is 14.3. The molecule has 0 bridgehead atoms. The lowest BCUT2D eigenvalue weighted by atomic mass is 10.0. The van der Waals surface area contributed by atoms with E-state index in [0.717, 1.165) is 13.8 Å². The summed E-state index contributed by atoms with van der Waals surface area (Å²) in [5, 5.41) is -1.55. The van der Waals surface area contributed by atoms with Crippen LogP contribution in [0, 0.1) is 11.7 Å². The molecular formula is C37H40F4N4O2S. The topological polar surface area (TPSA) is 58.4 Å². The van der Waals surface area contributed by atoms with Gasteiger partial charge in [-0.3, -0.25) is 9.59 Å². The highest BCUT2D eigenvalue weighted by atomic mass is 32.2. The molecule has 0 radical (unpaired) electrons. The highest BCUT2D eigenvalue weighted by Crippen LogP contribution is 2.32. The fourth-order valence-corrected chi connectivity index (χ4v) is 4.51. The Bertz CT molecular complexity index is 3020. The Morgan fingerprint density at radius 3 is 2.21 bits per heavy atom. The molecule has 1 atom stereocenters. The Balaban J connectivity index is 1.92. The van der Waals surface area contributed by atoms with Crippen molar-refractivity contribution in [3.05, 3.63) is 117 Å². The highest BCUT2D eigenvalue weighted by molar-refractivity contribution is 7.98. The maximum Gasteiger partial charge on any atom is 0.416 e. The summed E-state index contributed by atoms with van der Waals surface area (Å²) < 4.78 is 289. The van der Waals surface area contributed by atoms with Crippen molar-refractivity contribution in [1.82, 2.24) is 19.4 Å². The van der Waals surface area contributed by atoms with Crippen LogP contribution in [-0.4, -0.2) is 51.3 Å². The van der Waals surface area contributed by atoms with Crippen LogP contribution in [0.3, 0.4) is 0 Å². The summed E-state index contributed by atoms with van der Waals surface area (Å²) in [6.07, 6.45) is -12.7. The lowest BCUT2D eigenvalue weighted by Gasteiger charge is -2.28. The largest absolute Gasteiger partial charge is 0.416 e. The molecule has 5 rings (SSSR count). The van der Waals surface area contributed by atoms with Gasteiger partial charge < -0.3 is 14.4 Å². The normalized spacial score (nSPS) is 27.6. The summed E-state index contributed by atoms with van der Waals surface area (Å²) in [5.74, 6) is -7.43. The molecule has 1 amide bonds. The third kappa shape index (κ3) is 8.73. The van der Waals surface area contributed by atoms with Crippen molar-refractivity contribution in [2.45, 2.75) is 63.5 Å². The molecule has 1 aliphatic carbocycles. The number of thioether (sulfide) groups is 1. The van der Waals surface area contributed by atoms with E-state index < -0.39 is 215 Å². The van der Waals surface area contributed by atoms with Crippen molar-refractivity contribution >= 4 is 17.7 Å². The number of nitrogens with zero attached hydrogens (tertiary/aromatic N) is 4. The van der Waals surface area contributed by atoms with E-state index in [1.807, 2.05) is 0 Å². The van der Waals surface area contributed by atoms with Crippen LogP contribution in [0.4, 0.5) is 17.6 Å². The van der Waals surface area contributed by atoms with Crippen LogP contribution >= 0.6 is 11.8 Å². The molecule has 0 aliphatic heterocycles. The quantitative estimate of drug-likeness (QED) is 0.0821. The fourth-order valence-electron chi connectivity index (χ4n) is 3.85. The molecule has 3 aromatic carbocycles. The van der Waals surface area contributed by atoms with Gasteiger partial charge in [0.15, 0.2) is 5.16 Å². The molecule has 11 heteroatoms. The number of fused-ring (bicyclic) bond motifs is 1. The van der Waals surface area contributed by atoms with Crippen molar-refractivity contribution in [1.29, 1.82) is 0 Å². The van der Waals surface area contributed by atoms with Gasteiger partial charge in [-0.1, -0.05) is 80.9 Å². The summed E-state index contributed by atoms with van der Waals surface area (Å²) >= 11 is -0.578. The third-order valence-corrected chi connectivity index (χ3v) is 6.85. The number of rotatable bonds is 13. The summed E-state index contributed by atoms with van der Waals surface area (Å²) in [6, 6.07) is -18.5. The molecule has 4 aromatic rings. The minimum atomic E-state index is -5.50. The molecule has 48 heavy (non-hydrogen) atoms. The molecule has 0 saturated carbocycles. The van der Waals surface area contributed by atoms with Gasteiger partial charge in [-0.05, 0) is 78.1 Å². The van der Waals surface area contributed by atoms with Gasteiger partial charge in [0.2, 0.25) is 5.91 Å². The Morgan fingerprint density at radius 2 is 1.60 bits per heavy atom. The lowest BCUT2D eigenvalue weighted by molar-refractivity contribution is -0.137. The summed E-state index contributed by atoms with van der Waals surface area (Å²) in [7, 11) is 0. The maximum absolute atomic E-state index is 15.4. The van der Waals surface area contributed by atoms with Crippen LogP contribution in [0.5, 0.6) is 0 Å². The Morgan fingerprint density at radius 1 is 1.00 bits per heavy atom. The average molecular weight is 708 g/mol.